The summed E-state index contributed by atoms with van der Waals surface area (Å²) in [6, 6.07) is 16.4. The molecule has 174 valence electrons. The molecule has 1 N–H and O–H groups in total. The summed E-state index contributed by atoms with van der Waals surface area (Å²) in [7, 11) is 5.61. The fraction of sp³-hybridized carbons (Fsp3) is 0.250. The molecule has 1 aliphatic heterocycles. The standard InChI is InChI=1S/C28H28N2O4/c1-28(2,3)26(31)16-7-10-19(22(13-16)27(32)33)25-20-11-8-17(29-4)14-23(20)34-24-15-18(30(5)6)9-12-21(24)25/h7-15H,1-6H3,(H,32,33)/b29-17-. The molecule has 0 fully saturated rings. The Bertz CT molecular complexity index is 1470. The van der Waals surface area contributed by atoms with Crippen LogP contribution < -0.4 is 10.3 Å². The zero-order valence-corrected chi connectivity index (χ0v) is 20.3. The molecule has 0 bridgehead atoms. The zero-order valence-electron chi connectivity index (χ0n) is 20.3. The second-order valence-electron chi connectivity index (χ2n) is 9.60. The van der Waals surface area contributed by atoms with Gasteiger partial charge in [0.1, 0.15) is 11.3 Å². The topological polar surface area (TPSA) is 83.1 Å². The van der Waals surface area contributed by atoms with Gasteiger partial charge in [0, 0.05) is 66.5 Å². The van der Waals surface area contributed by atoms with E-state index in [-0.39, 0.29) is 11.3 Å². The molecule has 0 saturated heterocycles. The van der Waals surface area contributed by atoms with Crippen molar-refractivity contribution in [3.05, 3.63) is 71.1 Å². The number of carboxylic acids is 1. The molecular formula is C28H28N2O4. The van der Waals surface area contributed by atoms with Gasteiger partial charge in [-0.1, -0.05) is 32.9 Å². The number of fused-ring (bicyclic) bond motifs is 2. The number of Topliss-reactive ketones (excluding diaryl/α,β-unsaturated/α-hetero) is 1. The number of benzene rings is 3. The molecule has 0 spiro atoms. The third-order valence-electron chi connectivity index (χ3n) is 5.93. The quantitative estimate of drug-likeness (QED) is 0.313. The fourth-order valence-corrected chi connectivity index (χ4v) is 4.09. The highest BCUT2D eigenvalue weighted by Crippen LogP contribution is 2.42. The summed E-state index contributed by atoms with van der Waals surface area (Å²) in [5.74, 6) is -0.595. The Morgan fingerprint density at radius 1 is 0.941 bits per heavy atom. The minimum atomic E-state index is -1.09. The van der Waals surface area contributed by atoms with Crippen molar-refractivity contribution in [2.75, 3.05) is 26.0 Å². The molecule has 2 aliphatic rings. The SMILES string of the molecule is C/N=c1/ccc2c(-c3ccc(C(=O)C(C)(C)C)cc3C(=O)O)c3ccc(N(C)C)cc3oc-2c1. The van der Waals surface area contributed by atoms with Crippen LogP contribution in [-0.4, -0.2) is 38.0 Å². The van der Waals surface area contributed by atoms with Crippen LogP contribution in [-0.2, 0) is 0 Å². The first-order chi connectivity index (χ1) is 16.0. The number of rotatable bonds is 4. The van der Waals surface area contributed by atoms with Crippen LogP contribution in [0.5, 0.6) is 0 Å². The molecule has 0 atom stereocenters. The van der Waals surface area contributed by atoms with Crippen molar-refractivity contribution >= 4 is 28.4 Å². The summed E-state index contributed by atoms with van der Waals surface area (Å²) in [5.41, 5.74) is 3.48. The Labute approximate surface area is 198 Å². The van der Waals surface area contributed by atoms with Crippen LogP contribution in [0.15, 0.2) is 64.0 Å². The molecule has 0 radical (unpaired) electrons. The number of carbonyl (C=O) groups is 2. The summed E-state index contributed by atoms with van der Waals surface area (Å²) >= 11 is 0. The molecule has 0 saturated carbocycles. The van der Waals surface area contributed by atoms with E-state index < -0.39 is 11.4 Å². The Morgan fingerprint density at radius 3 is 2.26 bits per heavy atom. The number of ketones is 1. The molecule has 6 heteroatoms. The van der Waals surface area contributed by atoms with E-state index in [4.69, 9.17) is 4.42 Å². The summed E-state index contributed by atoms with van der Waals surface area (Å²) in [5, 5.41) is 11.7. The lowest BCUT2D eigenvalue weighted by atomic mass is 9.84. The average molecular weight is 457 g/mol. The number of aromatic carboxylic acids is 1. The predicted molar refractivity (Wildman–Crippen MR) is 135 cm³/mol. The van der Waals surface area contributed by atoms with Gasteiger partial charge in [-0.15, -0.1) is 0 Å². The molecule has 34 heavy (non-hydrogen) atoms. The highest BCUT2D eigenvalue weighted by Gasteiger charge is 2.26. The monoisotopic (exact) mass is 456 g/mol. The van der Waals surface area contributed by atoms with Crippen molar-refractivity contribution in [1.82, 2.24) is 0 Å². The molecule has 0 amide bonds. The Hall–Kier alpha value is -3.93. The molecule has 4 rings (SSSR count). The zero-order chi connectivity index (χ0) is 24.8. The maximum atomic E-state index is 12.9. The fourth-order valence-electron chi connectivity index (χ4n) is 4.09. The summed E-state index contributed by atoms with van der Waals surface area (Å²) in [6.07, 6.45) is 0. The highest BCUT2D eigenvalue weighted by atomic mass is 16.4. The normalized spacial score (nSPS) is 12.4. The number of hydrogen-bond acceptors (Lipinski definition) is 5. The van der Waals surface area contributed by atoms with Crippen LogP contribution in [0.2, 0.25) is 0 Å². The molecule has 6 nitrogen and oxygen atoms in total. The number of nitrogens with zero attached hydrogens (tertiary/aromatic N) is 2. The van der Waals surface area contributed by atoms with Crippen LogP contribution in [0.1, 0.15) is 41.5 Å². The van der Waals surface area contributed by atoms with E-state index in [9.17, 15) is 14.7 Å². The van der Waals surface area contributed by atoms with Gasteiger partial charge < -0.3 is 14.4 Å². The van der Waals surface area contributed by atoms with Crippen molar-refractivity contribution in [1.29, 1.82) is 0 Å². The van der Waals surface area contributed by atoms with Crippen molar-refractivity contribution in [3.63, 3.8) is 0 Å². The Balaban J connectivity index is 2.10. The van der Waals surface area contributed by atoms with Crippen molar-refractivity contribution < 1.29 is 19.1 Å². The summed E-state index contributed by atoms with van der Waals surface area (Å²) in [4.78, 5) is 31.5. The van der Waals surface area contributed by atoms with Crippen LogP contribution in [0.25, 0.3) is 33.4 Å². The smallest absolute Gasteiger partial charge is 0.336 e. The van der Waals surface area contributed by atoms with Crippen LogP contribution >= 0.6 is 0 Å². The molecule has 0 unspecified atom stereocenters. The Kier molecular flexibility index (Phi) is 5.77. The van der Waals surface area contributed by atoms with Gasteiger partial charge in [-0.3, -0.25) is 9.79 Å². The molecule has 1 heterocycles. The molecule has 1 aliphatic carbocycles. The number of anilines is 1. The van der Waals surface area contributed by atoms with E-state index in [1.807, 2.05) is 76.2 Å². The molecular weight excluding hydrogens is 428 g/mol. The highest BCUT2D eigenvalue weighted by molar-refractivity contribution is 6.10. The largest absolute Gasteiger partial charge is 0.478 e. The third-order valence-corrected chi connectivity index (χ3v) is 5.93. The van der Waals surface area contributed by atoms with Crippen LogP contribution in [0, 0.1) is 5.41 Å². The molecule has 0 aromatic heterocycles. The second-order valence-corrected chi connectivity index (χ2v) is 9.60. The van der Waals surface area contributed by atoms with Gasteiger partial charge in [-0.25, -0.2) is 4.79 Å². The van der Waals surface area contributed by atoms with E-state index in [2.05, 4.69) is 4.99 Å². The van der Waals surface area contributed by atoms with E-state index in [1.165, 1.54) is 6.07 Å². The van der Waals surface area contributed by atoms with Gasteiger partial charge in [-0.05, 0) is 35.9 Å². The number of carbonyl (C=O) groups excluding carboxylic acids is 1. The minimum absolute atomic E-state index is 0.0739. The predicted octanol–water partition coefficient (Wildman–Crippen LogP) is 5.73. The third kappa shape index (κ3) is 4.07. The van der Waals surface area contributed by atoms with Crippen molar-refractivity contribution in [2.45, 2.75) is 20.8 Å². The van der Waals surface area contributed by atoms with Gasteiger partial charge in [0.15, 0.2) is 5.78 Å². The maximum absolute atomic E-state index is 12.9. The van der Waals surface area contributed by atoms with Crippen molar-refractivity contribution in [2.24, 2.45) is 10.4 Å². The first kappa shape index (κ1) is 23.2. The minimum Gasteiger partial charge on any atom is -0.478 e. The first-order valence-electron chi connectivity index (χ1n) is 11.0. The van der Waals surface area contributed by atoms with Gasteiger partial charge in [0.2, 0.25) is 0 Å². The van der Waals surface area contributed by atoms with E-state index in [1.54, 1.807) is 19.2 Å². The van der Waals surface area contributed by atoms with Crippen LogP contribution in [0.3, 0.4) is 0 Å². The van der Waals surface area contributed by atoms with Crippen LogP contribution in [0.4, 0.5) is 5.69 Å². The first-order valence-corrected chi connectivity index (χ1v) is 11.0. The second kappa shape index (κ2) is 8.45. The molecule has 2 aromatic carbocycles. The van der Waals surface area contributed by atoms with E-state index >= 15 is 0 Å². The van der Waals surface area contributed by atoms with E-state index in [0.717, 1.165) is 27.6 Å². The van der Waals surface area contributed by atoms with Gasteiger partial charge in [-0.2, -0.15) is 0 Å². The molecule has 2 aromatic rings. The number of hydrogen-bond donors (Lipinski definition) is 1. The average Bonchev–Trinajstić information content (AvgIpc) is 2.80. The summed E-state index contributed by atoms with van der Waals surface area (Å²) in [6.45, 7) is 5.46. The number of carboxylic acid groups (broad SMARTS) is 1. The maximum Gasteiger partial charge on any atom is 0.336 e. The van der Waals surface area contributed by atoms with E-state index in [0.29, 0.717) is 22.5 Å². The lowest BCUT2D eigenvalue weighted by Crippen LogP contribution is -2.20. The van der Waals surface area contributed by atoms with Gasteiger partial charge in [0.25, 0.3) is 0 Å². The van der Waals surface area contributed by atoms with Gasteiger partial charge in [0.05, 0.1) is 10.9 Å². The Morgan fingerprint density at radius 2 is 1.65 bits per heavy atom. The lowest BCUT2D eigenvalue weighted by Gasteiger charge is -2.20. The van der Waals surface area contributed by atoms with Crippen molar-refractivity contribution in [3.8, 4) is 22.5 Å². The summed E-state index contributed by atoms with van der Waals surface area (Å²) < 4.78 is 6.26. The van der Waals surface area contributed by atoms with Gasteiger partial charge >= 0.3 is 5.97 Å². The lowest BCUT2D eigenvalue weighted by molar-refractivity contribution is 0.0697.